The molecule has 0 bridgehead atoms. The number of aliphatic carboxylic acids is 1. The van der Waals surface area contributed by atoms with Crippen LogP contribution in [0.2, 0.25) is 5.02 Å². The first-order chi connectivity index (χ1) is 13.4. The summed E-state index contributed by atoms with van der Waals surface area (Å²) in [6, 6.07) is 6.44. The summed E-state index contributed by atoms with van der Waals surface area (Å²) in [5.74, 6) is -2.21. The van der Waals surface area contributed by atoms with Gasteiger partial charge >= 0.3 is 12.1 Å². The molecule has 0 aliphatic carbocycles. The van der Waals surface area contributed by atoms with Crippen LogP contribution in [0, 0.1) is 4.77 Å². The monoisotopic (exact) mass is 455 g/mol. The molecular formula is C16H17ClF3N3O5S. The molecule has 29 heavy (non-hydrogen) atoms. The van der Waals surface area contributed by atoms with E-state index in [-0.39, 0.29) is 23.4 Å². The van der Waals surface area contributed by atoms with Crippen LogP contribution >= 0.6 is 23.8 Å². The number of methoxy groups -OCH3 is 1. The summed E-state index contributed by atoms with van der Waals surface area (Å²) in [6.07, 6.45) is -5.87. The number of aromatic nitrogens is 2. The largest absolute Gasteiger partial charge is 0.496 e. The number of hydrogen-bond acceptors (Lipinski definition) is 6. The number of aliphatic hydroxyl groups is 1. The molecule has 1 atom stereocenters. The standard InChI is InChI=1S/C14H16ClN3O3S.C2HF3O2/c1-21-12-3-2-8(15)4-10(12)11-5-13(20)17-14(22)18(11)7-9(19)6-16;3-2(4,5)1(6)7/h2-5,9,19H,6-7,16H2,1H3,(H,17,20,22);(H,6,7)/t9-;/m0./s1. The molecule has 0 aliphatic rings. The van der Waals surface area contributed by atoms with Crippen LogP contribution in [0.5, 0.6) is 5.75 Å². The van der Waals surface area contributed by atoms with Crippen molar-refractivity contribution in [3.8, 4) is 17.0 Å². The van der Waals surface area contributed by atoms with Crippen molar-refractivity contribution in [2.24, 2.45) is 5.73 Å². The molecule has 0 amide bonds. The number of nitrogens with one attached hydrogen (secondary N) is 1. The molecule has 160 valence electrons. The maximum absolute atomic E-state index is 11.8. The fourth-order valence-electron chi connectivity index (χ4n) is 2.09. The fourth-order valence-corrected chi connectivity index (χ4v) is 2.54. The van der Waals surface area contributed by atoms with Crippen molar-refractivity contribution in [3.63, 3.8) is 0 Å². The molecular weight excluding hydrogens is 439 g/mol. The summed E-state index contributed by atoms with van der Waals surface area (Å²) in [4.78, 5) is 23.2. The quantitative estimate of drug-likeness (QED) is 0.508. The number of aliphatic hydroxyl groups excluding tert-OH is 1. The van der Waals surface area contributed by atoms with Gasteiger partial charge in [-0.1, -0.05) is 11.6 Å². The Kier molecular flexibility index (Phi) is 8.82. The molecule has 1 aromatic heterocycles. The number of H-pyrrole nitrogens is 1. The molecule has 13 heteroatoms. The van der Waals surface area contributed by atoms with E-state index in [2.05, 4.69) is 4.98 Å². The van der Waals surface area contributed by atoms with E-state index in [0.717, 1.165) is 0 Å². The van der Waals surface area contributed by atoms with E-state index >= 15 is 0 Å². The Morgan fingerprint density at radius 2 is 2.00 bits per heavy atom. The number of alkyl halides is 3. The van der Waals surface area contributed by atoms with Crippen molar-refractivity contribution in [1.82, 2.24) is 9.55 Å². The minimum atomic E-state index is -5.08. The van der Waals surface area contributed by atoms with Crippen LogP contribution in [0.15, 0.2) is 29.1 Å². The molecule has 5 N–H and O–H groups in total. The summed E-state index contributed by atoms with van der Waals surface area (Å²) < 4.78 is 38.8. The van der Waals surface area contributed by atoms with Gasteiger partial charge in [0.1, 0.15) is 5.75 Å². The second kappa shape index (κ2) is 10.4. The number of carbonyl (C=O) groups is 1. The number of ether oxygens (including phenoxy) is 1. The number of carboxylic acid groups (broad SMARTS) is 1. The van der Waals surface area contributed by atoms with Gasteiger partial charge in [0.25, 0.3) is 5.56 Å². The third-order valence-electron chi connectivity index (χ3n) is 3.38. The van der Waals surface area contributed by atoms with Crippen molar-refractivity contribution in [3.05, 3.63) is 44.4 Å². The SMILES string of the molecule is COc1ccc(Cl)cc1-c1cc(=O)[nH]c(=S)n1C[C@@H](O)CN.O=C(O)C(F)(F)F. The van der Waals surface area contributed by atoms with Crippen LogP contribution in [0.25, 0.3) is 11.3 Å². The molecule has 1 heterocycles. The number of nitrogens with zero attached hydrogens (tertiary/aromatic N) is 1. The van der Waals surface area contributed by atoms with E-state index in [1.165, 1.54) is 13.2 Å². The summed E-state index contributed by atoms with van der Waals surface area (Å²) >= 11 is 11.2. The maximum Gasteiger partial charge on any atom is 0.490 e. The summed E-state index contributed by atoms with van der Waals surface area (Å²) in [5, 5.41) is 17.4. The maximum atomic E-state index is 11.8. The summed E-state index contributed by atoms with van der Waals surface area (Å²) in [5.41, 5.74) is 6.22. The van der Waals surface area contributed by atoms with E-state index < -0.39 is 18.2 Å². The van der Waals surface area contributed by atoms with Gasteiger partial charge in [-0.15, -0.1) is 0 Å². The van der Waals surface area contributed by atoms with E-state index in [9.17, 15) is 23.1 Å². The smallest absolute Gasteiger partial charge is 0.490 e. The average Bonchev–Trinajstić information content (AvgIpc) is 2.63. The molecule has 0 aliphatic heterocycles. The first kappa shape index (κ1) is 24.6. The van der Waals surface area contributed by atoms with E-state index in [0.29, 0.717) is 22.0 Å². The Labute approximate surface area is 172 Å². The van der Waals surface area contributed by atoms with E-state index in [1.807, 2.05) is 0 Å². The predicted molar refractivity (Wildman–Crippen MR) is 102 cm³/mol. The van der Waals surface area contributed by atoms with Crippen molar-refractivity contribution >= 4 is 29.8 Å². The second-order valence-corrected chi connectivity index (χ2v) is 6.29. The topological polar surface area (TPSA) is 131 Å². The van der Waals surface area contributed by atoms with Crippen LogP contribution in [0.4, 0.5) is 13.2 Å². The van der Waals surface area contributed by atoms with Crippen LogP contribution in [-0.2, 0) is 11.3 Å². The number of halogens is 4. The van der Waals surface area contributed by atoms with Gasteiger partial charge in [-0.25, -0.2) is 4.79 Å². The molecule has 1 aromatic carbocycles. The lowest BCUT2D eigenvalue weighted by Crippen LogP contribution is -2.27. The Bertz CT molecular complexity index is 977. The van der Waals surface area contributed by atoms with E-state index in [1.54, 1.807) is 22.8 Å². The number of nitrogens with two attached hydrogens (primary N) is 1. The summed E-state index contributed by atoms with van der Waals surface area (Å²) in [6.45, 7) is 0.226. The number of carboxylic acids is 1. The fraction of sp³-hybridized carbons (Fsp3) is 0.312. The highest BCUT2D eigenvalue weighted by atomic mass is 35.5. The number of hydrogen-bond donors (Lipinski definition) is 4. The zero-order chi connectivity index (χ0) is 22.4. The first-order valence-electron chi connectivity index (χ1n) is 7.77. The molecule has 0 fully saturated rings. The average molecular weight is 456 g/mol. The van der Waals surface area contributed by atoms with Crippen molar-refractivity contribution in [2.75, 3.05) is 13.7 Å². The normalized spacial score (nSPS) is 12.0. The number of aromatic amines is 1. The molecule has 2 aromatic rings. The van der Waals surface area contributed by atoms with Crippen LogP contribution in [0.3, 0.4) is 0 Å². The van der Waals surface area contributed by atoms with E-state index in [4.69, 9.17) is 44.2 Å². The third-order valence-corrected chi connectivity index (χ3v) is 3.94. The molecule has 0 saturated carbocycles. The molecule has 0 spiro atoms. The molecule has 0 saturated heterocycles. The van der Waals surface area contributed by atoms with Gasteiger partial charge < -0.3 is 25.3 Å². The molecule has 0 unspecified atom stereocenters. The first-order valence-corrected chi connectivity index (χ1v) is 8.55. The van der Waals surface area contributed by atoms with Crippen molar-refractivity contribution in [1.29, 1.82) is 0 Å². The highest BCUT2D eigenvalue weighted by Crippen LogP contribution is 2.32. The highest BCUT2D eigenvalue weighted by Gasteiger charge is 2.38. The Balaban J connectivity index is 0.000000516. The minimum Gasteiger partial charge on any atom is -0.496 e. The Hall–Kier alpha value is -2.41. The lowest BCUT2D eigenvalue weighted by molar-refractivity contribution is -0.192. The van der Waals surface area contributed by atoms with Crippen LogP contribution < -0.4 is 16.0 Å². The number of benzene rings is 1. The lowest BCUT2D eigenvalue weighted by Gasteiger charge is -2.18. The third kappa shape index (κ3) is 7.16. The second-order valence-electron chi connectivity index (χ2n) is 5.47. The van der Waals surface area contributed by atoms with Crippen molar-refractivity contribution < 1.29 is 32.9 Å². The molecule has 2 rings (SSSR count). The van der Waals surface area contributed by atoms with Crippen LogP contribution in [0.1, 0.15) is 0 Å². The van der Waals surface area contributed by atoms with Gasteiger partial charge in [-0.05, 0) is 30.4 Å². The van der Waals surface area contributed by atoms with Gasteiger partial charge in [0.15, 0.2) is 4.77 Å². The van der Waals surface area contributed by atoms with Gasteiger partial charge in [-0.2, -0.15) is 13.2 Å². The van der Waals surface area contributed by atoms with Gasteiger partial charge in [0, 0.05) is 23.2 Å². The Morgan fingerprint density at radius 1 is 1.41 bits per heavy atom. The number of rotatable bonds is 5. The minimum absolute atomic E-state index is 0.0764. The predicted octanol–water partition coefficient (Wildman–Crippen LogP) is 2.19. The summed E-state index contributed by atoms with van der Waals surface area (Å²) in [7, 11) is 1.52. The van der Waals surface area contributed by atoms with Crippen LogP contribution in [-0.4, -0.2) is 51.7 Å². The molecule has 0 radical (unpaired) electrons. The lowest BCUT2D eigenvalue weighted by atomic mass is 10.1. The van der Waals surface area contributed by atoms with Gasteiger partial charge in [-0.3, -0.25) is 9.78 Å². The van der Waals surface area contributed by atoms with Gasteiger partial charge in [0.2, 0.25) is 0 Å². The highest BCUT2D eigenvalue weighted by molar-refractivity contribution is 7.71. The zero-order valence-electron chi connectivity index (χ0n) is 14.9. The van der Waals surface area contributed by atoms with Gasteiger partial charge in [0.05, 0.1) is 25.5 Å². The van der Waals surface area contributed by atoms with Crippen molar-refractivity contribution in [2.45, 2.75) is 18.8 Å². The molecule has 8 nitrogen and oxygen atoms in total. The Morgan fingerprint density at radius 3 is 2.48 bits per heavy atom. The zero-order valence-corrected chi connectivity index (χ0v) is 16.4.